The molecule has 0 spiro atoms. The highest BCUT2D eigenvalue weighted by atomic mass is 19.1. The molecule has 30 heavy (non-hydrogen) atoms. The third-order valence-corrected chi connectivity index (χ3v) is 4.88. The Morgan fingerprint density at radius 2 is 1.87 bits per heavy atom. The van der Waals surface area contributed by atoms with E-state index in [0.717, 1.165) is 16.7 Å². The van der Waals surface area contributed by atoms with Gasteiger partial charge >= 0.3 is 6.09 Å². The second-order valence-corrected chi connectivity index (χ2v) is 8.72. The molecule has 1 fully saturated rings. The lowest BCUT2D eigenvalue weighted by atomic mass is 9.99. The van der Waals surface area contributed by atoms with Crippen molar-refractivity contribution in [1.82, 2.24) is 9.88 Å². The number of aromatic nitrogens is 1. The van der Waals surface area contributed by atoms with Crippen LogP contribution in [0.25, 0.3) is 11.1 Å². The van der Waals surface area contributed by atoms with E-state index >= 15 is 0 Å². The smallest absolute Gasteiger partial charge is 0.413 e. The van der Waals surface area contributed by atoms with Crippen LogP contribution in [0, 0.1) is 11.3 Å². The van der Waals surface area contributed by atoms with Crippen LogP contribution in [-0.4, -0.2) is 40.0 Å². The van der Waals surface area contributed by atoms with E-state index in [9.17, 15) is 9.18 Å². The van der Waals surface area contributed by atoms with E-state index in [1.54, 1.807) is 46.9 Å². The Balaban J connectivity index is 1.86. The van der Waals surface area contributed by atoms with Crippen molar-refractivity contribution in [3.05, 3.63) is 53.9 Å². The molecule has 0 unspecified atom stereocenters. The largest absolute Gasteiger partial charge is 0.444 e. The van der Waals surface area contributed by atoms with E-state index in [4.69, 9.17) is 14.7 Å². The summed E-state index contributed by atoms with van der Waals surface area (Å²) in [5, 5.41) is 8.88. The molecule has 6 nitrogen and oxygen atoms in total. The molecule has 0 radical (unpaired) electrons. The first kappa shape index (κ1) is 21.7. The molecule has 3 rings (SSSR count). The summed E-state index contributed by atoms with van der Waals surface area (Å²) in [6.45, 7) is 8.02. The minimum absolute atomic E-state index is 0.352. The number of halogens is 1. The standard InChI is InChI=1S/C23H26FN3O3/c1-22(2,3)30-21(28)27-19(12-24)20(29-23(27,4)5)16-8-6-15(7-9-16)17-10-11-18(13-25)26-14-17/h6-11,14,19-20H,12H2,1-5H3/t19-,20-/m1/s1. The minimum Gasteiger partial charge on any atom is -0.444 e. The van der Waals surface area contributed by atoms with Crippen LogP contribution in [-0.2, 0) is 9.47 Å². The van der Waals surface area contributed by atoms with Crippen LogP contribution < -0.4 is 0 Å². The van der Waals surface area contributed by atoms with Gasteiger partial charge in [-0.25, -0.2) is 14.2 Å². The Labute approximate surface area is 176 Å². The molecule has 2 aromatic rings. The first-order chi connectivity index (χ1) is 14.1. The number of benzene rings is 1. The predicted octanol–water partition coefficient (Wildman–Crippen LogP) is 5.00. The highest BCUT2D eigenvalue weighted by Gasteiger charge is 2.51. The second-order valence-electron chi connectivity index (χ2n) is 8.72. The zero-order valence-electron chi connectivity index (χ0n) is 17.8. The lowest BCUT2D eigenvalue weighted by molar-refractivity contribution is -0.0797. The summed E-state index contributed by atoms with van der Waals surface area (Å²) in [5.74, 6) is 0. The maximum Gasteiger partial charge on any atom is 0.413 e. The first-order valence-electron chi connectivity index (χ1n) is 9.78. The van der Waals surface area contributed by atoms with Gasteiger partial charge in [0.05, 0.1) is 6.04 Å². The van der Waals surface area contributed by atoms with Gasteiger partial charge < -0.3 is 9.47 Å². The minimum atomic E-state index is -1.01. The fourth-order valence-electron chi connectivity index (χ4n) is 3.58. The molecular formula is C23H26FN3O3. The number of carbonyl (C=O) groups excluding carboxylic acids is 1. The summed E-state index contributed by atoms with van der Waals surface area (Å²) >= 11 is 0. The summed E-state index contributed by atoms with van der Waals surface area (Å²) in [4.78, 5) is 18.2. The molecule has 0 bridgehead atoms. The van der Waals surface area contributed by atoms with Crippen molar-refractivity contribution in [1.29, 1.82) is 5.26 Å². The number of rotatable bonds is 3. The third kappa shape index (κ3) is 4.44. The molecule has 1 aromatic heterocycles. The number of amides is 1. The van der Waals surface area contributed by atoms with E-state index in [2.05, 4.69) is 4.98 Å². The highest BCUT2D eigenvalue weighted by Crippen LogP contribution is 2.42. The molecule has 0 saturated carbocycles. The van der Waals surface area contributed by atoms with Crippen LogP contribution in [0.15, 0.2) is 42.6 Å². The van der Waals surface area contributed by atoms with Gasteiger partial charge in [-0.3, -0.25) is 4.90 Å². The molecule has 1 aromatic carbocycles. The Morgan fingerprint density at radius 1 is 1.23 bits per heavy atom. The van der Waals surface area contributed by atoms with E-state index in [1.165, 1.54) is 4.90 Å². The van der Waals surface area contributed by atoms with Gasteiger partial charge in [-0.1, -0.05) is 24.3 Å². The topological polar surface area (TPSA) is 75.5 Å². The summed E-state index contributed by atoms with van der Waals surface area (Å²) in [6.07, 6.45) is 0.417. The lowest BCUT2D eigenvalue weighted by Crippen LogP contribution is -2.50. The van der Waals surface area contributed by atoms with Crippen molar-refractivity contribution in [2.75, 3.05) is 6.67 Å². The van der Waals surface area contributed by atoms with E-state index < -0.39 is 36.2 Å². The zero-order chi connectivity index (χ0) is 22.1. The molecule has 0 N–H and O–H groups in total. The van der Waals surface area contributed by atoms with Gasteiger partial charge in [-0.15, -0.1) is 0 Å². The predicted molar refractivity (Wildman–Crippen MR) is 110 cm³/mol. The molecule has 2 heterocycles. The van der Waals surface area contributed by atoms with Crippen molar-refractivity contribution in [3.8, 4) is 17.2 Å². The van der Waals surface area contributed by atoms with Crippen molar-refractivity contribution >= 4 is 6.09 Å². The number of nitriles is 1. The average molecular weight is 411 g/mol. The van der Waals surface area contributed by atoms with Gasteiger partial charge in [0.15, 0.2) is 0 Å². The average Bonchev–Trinajstić information content (AvgIpc) is 2.97. The van der Waals surface area contributed by atoms with Crippen LogP contribution in [0.4, 0.5) is 9.18 Å². The number of hydrogen-bond acceptors (Lipinski definition) is 5. The summed E-state index contributed by atoms with van der Waals surface area (Å²) < 4.78 is 25.7. The quantitative estimate of drug-likeness (QED) is 0.710. The Kier molecular flexibility index (Phi) is 5.82. The van der Waals surface area contributed by atoms with Crippen molar-refractivity contribution in [3.63, 3.8) is 0 Å². The maximum absolute atomic E-state index is 14.1. The van der Waals surface area contributed by atoms with Crippen LogP contribution in [0.3, 0.4) is 0 Å². The summed E-state index contributed by atoms with van der Waals surface area (Å²) in [7, 11) is 0. The SMILES string of the molecule is CC(C)(C)OC(=O)N1[C@H](CF)[C@@H](c2ccc(-c3ccc(C#N)nc3)cc2)OC1(C)C. The highest BCUT2D eigenvalue weighted by molar-refractivity contribution is 5.70. The molecule has 1 aliphatic heterocycles. The first-order valence-corrected chi connectivity index (χ1v) is 9.78. The maximum atomic E-state index is 14.1. The van der Waals surface area contributed by atoms with Crippen LogP contribution in [0.5, 0.6) is 0 Å². The van der Waals surface area contributed by atoms with Gasteiger partial charge in [0.2, 0.25) is 0 Å². The van der Waals surface area contributed by atoms with Crippen molar-refractivity contribution < 1.29 is 18.7 Å². The number of nitrogens with zero attached hydrogens (tertiary/aromatic N) is 3. The number of ether oxygens (including phenoxy) is 2. The third-order valence-electron chi connectivity index (χ3n) is 4.88. The Bertz CT molecular complexity index is 944. The normalized spacial score (nSPS) is 20.6. The van der Waals surface area contributed by atoms with Crippen LogP contribution >= 0.6 is 0 Å². The second kappa shape index (κ2) is 8.04. The van der Waals surface area contributed by atoms with Gasteiger partial charge in [0.1, 0.15) is 35.9 Å². The molecule has 1 saturated heterocycles. The lowest BCUT2D eigenvalue weighted by Gasteiger charge is -2.34. The van der Waals surface area contributed by atoms with E-state index in [0.29, 0.717) is 5.69 Å². The van der Waals surface area contributed by atoms with Gasteiger partial charge in [-0.05, 0) is 57.9 Å². The Hall–Kier alpha value is -2.98. The Morgan fingerprint density at radius 3 is 2.37 bits per heavy atom. The molecule has 7 heteroatoms. The number of carbonyl (C=O) groups is 1. The van der Waals surface area contributed by atoms with Crippen LogP contribution in [0.1, 0.15) is 52.0 Å². The van der Waals surface area contributed by atoms with Gasteiger partial charge in [0, 0.05) is 11.8 Å². The number of pyridine rings is 1. The van der Waals surface area contributed by atoms with Crippen molar-refractivity contribution in [2.45, 2.75) is 58.1 Å². The summed E-state index contributed by atoms with van der Waals surface area (Å²) in [5.41, 5.74) is 1.19. The molecule has 158 valence electrons. The van der Waals surface area contributed by atoms with E-state index in [1.807, 2.05) is 36.4 Å². The fraction of sp³-hybridized carbons (Fsp3) is 0.435. The van der Waals surface area contributed by atoms with Gasteiger partial charge in [0.25, 0.3) is 0 Å². The van der Waals surface area contributed by atoms with Crippen LogP contribution in [0.2, 0.25) is 0 Å². The number of hydrogen-bond donors (Lipinski definition) is 0. The number of alkyl halides is 1. The fourth-order valence-corrected chi connectivity index (χ4v) is 3.58. The molecule has 2 atom stereocenters. The molecule has 0 aliphatic carbocycles. The summed E-state index contributed by atoms with van der Waals surface area (Å²) in [6, 6.07) is 12.2. The molecule has 1 amide bonds. The molecular weight excluding hydrogens is 385 g/mol. The molecule has 1 aliphatic rings. The van der Waals surface area contributed by atoms with E-state index in [-0.39, 0.29) is 0 Å². The van der Waals surface area contributed by atoms with Crippen molar-refractivity contribution in [2.24, 2.45) is 0 Å². The monoisotopic (exact) mass is 411 g/mol. The van der Waals surface area contributed by atoms with Gasteiger partial charge in [-0.2, -0.15) is 5.26 Å². The zero-order valence-corrected chi connectivity index (χ0v) is 17.8.